The lowest BCUT2D eigenvalue weighted by atomic mass is 9.87. The highest BCUT2D eigenvalue weighted by molar-refractivity contribution is 5.88. The fraction of sp³-hybridized carbons (Fsp3) is 0.375. The van der Waals surface area contributed by atoms with Gasteiger partial charge in [0.05, 0.1) is 0 Å². The molecule has 0 bridgehead atoms. The normalized spacial score (nSPS) is 12.5. The summed E-state index contributed by atoms with van der Waals surface area (Å²) in [4.78, 5) is 16.1. The largest absolute Gasteiger partial charge is 0.361 e. The summed E-state index contributed by atoms with van der Waals surface area (Å²) >= 11 is 0. The van der Waals surface area contributed by atoms with Crippen molar-refractivity contribution in [2.75, 3.05) is 6.54 Å². The van der Waals surface area contributed by atoms with E-state index in [1.165, 1.54) is 33.2 Å². The molecule has 3 nitrogen and oxygen atoms in total. The molecular formula is C24H30N2O. The predicted molar refractivity (Wildman–Crippen MR) is 113 cm³/mol. The first-order valence-electron chi connectivity index (χ1n) is 9.91. The number of carbonyl (C=O) groups excluding carboxylic acids is 1. The first-order valence-corrected chi connectivity index (χ1v) is 9.91. The fourth-order valence-electron chi connectivity index (χ4n) is 3.69. The molecule has 0 saturated heterocycles. The van der Waals surface area contributed by atoms with E-state index in [0.29, 0.717) is 18.9 Å². The standard InChI is InChI=1S/C24H30N2O/c1-5-18-9-7-11-20-22(15-26-24(18)20)21(13-23(27)25-14-16(2)3)19-10-6-8-17(4)12-19/h6-12,15-16,21,26H,5,13-14H2,1-4H3,(H,25,27)/t21-/m0/s1. The van der Waals surface area contributed by atoms with Crippen LogP contribution in [-0.2, 0) is 11.2 Å². The Hall–Kier alpha value is -2.55. The molecule has 3 rings (SSSR count). The van der Waals surface area contributed by atoms with Gasteiger partial charge in [-0.15, -0.1) is 0 Å². The number of aromatic nitrogens is 1. The number of hydrogen-bond donors (Lipinski definition) is 2. The third kappa shape index (κ3) is 4.41. The van der Waals surface area contributed by atoms with Gasteiger partial charge in [0.1, 0.15) is 0 Å². The summed E-state index contributed by atoms with van der Waals surface area (Å²) in [5.74, 6) is 0.598. The van der Waals surface area contributed by atoms with E-state index in [0.717, 1.165) is 6.42 Å². The van der Waals surface area contributed by atoms with Crippen molar-refractivity contribution in [3.05, 3.63) is 70.9 Å². The van der Waals surface area contributed by atoms with Crippen molar-refractivity contribution in [1.29, 1.82) is 0 Å². The van der Waals surface area contributed by atoms with E-state index in [1.54, 1.807) is 0 Å². The van der Waals surface area contributed by atoms with E-state index in [-0.39, 0.29) is 11.8 Å². The van der Waals surface area contributed by atoms with Gasteiger partial charge in [-0.1, -0.05) is 68.8 Å². The van der Waals surface area contributed by atoms with Gasteiger partial charge in [-0.3, -0.25) is 4.79 Å². The Morgan fingerprint density at radius 1 is 1.15 bits per heavy atom. The SMILES string of the molecule is CCc1cccc2c([C@@H](CC(=O)NCC(C)C)c3cccc(C)c3)c[nH]c12. The van der Waals surface area contributed by atoms with E-state index in [1.807, 2.05) is 0 Å². The fourth-order valence-corrected chi connectivity index (χ4v) is 3.69. The molecule has 3 heteroatoms. The number of carbonyl (C=O) groups is 1. The predicted octanol–water partition coefficient (Wildman–Crippen LogP) is 5.33. The van der Waals surface area contributed by atoms with Crippen LogP contribution in [0.2, 0.25) is 0 Å². The molecule has 0 spiro atoms. The molecule has 0 unspecified atom stereocenters. The first kappa shape index (κ1) is 19.2. The zero-order valence-electron chi connectivity index (χ0n) is 16.8. The van der Waals surface area contributed by atoms with Crippen molar-refractivity contribution in [3.63, 3.8) is 0 Å². The van der Waals surface area contributed by atoms with Crippen LogP contribution in [-0.4, -0.2) is 17.4 Å². The van der Waals surface area contributed by atoms with Crippen molar-refractivity contribution in [2.45, 2.75) is 46.5 Å². The molecule has 0 radical (unpaired) electrons. The highest BCUT2D eigenvalue weighted by atomic mass is 16.1. The Morgan fingerprint density at radius 3 is 2.63 bits per heavy atom. The minimum atomic E-state index is 0.0397. The number of H-pyrrole nitrogens is 1. The number of nitrogens with one attached hydrogen (secondary N) is 2. The number of aromatic amines is 1. The van der Waals surface area contributed by atoms with Gasteiger partial charge in [0, 0.05) is 36.0 Å². The van der Waals surface area contributed by atoms with Gasteiger partial charge in [0.25, 0.3) is 0 Å². The molecule has 142 valence electrons. The molecule has 27 heavy (non-hydrogen) atoms. The summed E-state index contributed by atoms with van der Waals surface area (Å²) in [5.41, 5.74) is 6.11. The Balaban J connectivity index is 2.01. The number of amides is 1. The average molecular weight is 363 g/mol. The molecule has 3 aromatic rings. The van der Waals surface area contributed by atoms with Crippen molar-refractivity contribution < 1.29 is 4.79 Å². The van der Waals surface area contributed by atoms with Crippen molar-refractivity contribution >= 4 is 16.8 Å². The van der Waals surface area contributed by atoms with E-state index >= 15 is 0 Å². The second-order valence-corrected chi connectivity index (χ2v) is 7.81. The monoisotopic (exact) mass is 362 g/mol. The highest BCUT2D eigenvalue weighted by Crippen LogP contribution is 2.34. The second kappa shape index (κ2) is 8.43. The molecule has 0 aliphatic carbocycles. The minimum Gasteiger partial charge on any atom is -0.361 e. The molecule has 2 aromatic carbocycles. The Bertz CT molecular complexity index is 923. The molecular weight excluding hydrogens is 332 g/mol. The van der Waals surface area contributed by atoms with Gasteiger partial charge >= 0.3 is 0 Å². The number of benzene rings is 2. The summed E-state index contributed by atoms with van der Waals surface area (Å²) in [7, 11) is 0. The molecule has 1 amide bonds. The summed E-state index contributed by atoms with van der Waals surface area (Å²) in [5, 5.41) is 4.30. The van der Waals surface area contributed by atoms with Crippen LogP contribution in [0, 0.1) is 12.8 Å². The van der Waals surface area contributed by atoms with Crippen LogP contribution in [0.3, 0.4) is 0 Å². The number of rotatable bonds is 7. The van der Waals surface area contributed by atoms with Crippen LogP contribution in [0.25, 0.3) is 10.9 Å². The Morgan fingerprint density at radius 2 is 1.93 bits per heavy atom. The average Bonchev–Trinajstić information content (AvgIpc) is 3.08. The Kier molecular flexibility index (Phi) is 6.00. The molecule has 2 N–H and O–H groups in total. The molecule has 0 aliphatic rings. The maximum absolute atomic E-state index is 12.6. The van der Waals surface area contributed by atoms with Crippen LogP contribution in [0.5, 0.6) is 0 Å². The maximum Gasteiger partial charge on any atom is 0.220 e. The summed E-state index contributed by atoms with van der Waals surface area (Å²) in [6, 6.07) is 15.0. The van der Waals surface area contributed by atoms with Gasteiger partial charge in [0.2, 0.25) is 5.91 Å². The molecule has 1 heterocycles. The number of hydrogen-bond acceptors (Lipinski definition) is 1. The van der Waals surface area contributed by atoms with Gasteiger partial charge in [-0.25, -0.2) is 0 Å². The Labute approximate surface area is 162 Å². The van der Waals surface area contributed by atoms with Crippen LogP contribution >= 0.6 is 0 Å². The summed E-state index contributed by atoms with van der Waals surface area (Å²) < 4.78 is 0. The minimum absolute atomic E-state index is 0.0397. The van der Waals surface area contributed by atoms with Crippen LogP contribution < -0.4 is 5.32 Å². The number of para-hydroxylation sites is 1. The van der Waals surface area contributed by atoms with Gasteiger partial charge in [0.15, 0.2) is 0 Å². The van der Waals surface area contributed by atoms with Crippen molar-refractivity contribution in [3.8, 4) is 0 Å². The van der Waals surface area contributed by atoms with E-state index in [9.17, 15) is 4.79 Å². The maximum atomic E-state index is 12.6. The van der Waals surface area contributed by atoms with E-state index in [2.05, 4.69) is 86.7 Å². The topological polar surface area (TPSA) is 44.9 Å². The molecule has 0 aliphatic heterocycles. The highest BCUT2D eigenvalue weighted by Gasteiger charge is 2.22. The third-order valence-corrected chi connectivity index (χ3v) is 5.13. The van der Waals surface area contributed by atoms with Crippen LogP contribution in [0.15, 0.2) is 48.7 Å². The lowest BCUT2D eigenvalue weighted by Gasteiger charge is -2.18. The van der Waals surface area contributed by atoms with Crippen molar-refractivity contribution in [2.24, 2.45) is 5.92 Å². The van der Waals surface area contributed by atoms with Crippen LogP contribution in [0.1, 0.15) is 55.4 Å². The third-order valence-electron chi connectivity index (χ3n) is 5.13. The number of aryl methyl sites for hydroxylation is 2. The van der Waals surface area contributed by atoms with Gasteiger partial charge in [-0.05, 0) is 36.0 Å². The number of fused-ring (bicyclic) bond motifs is 1. The molecule has 0 saturated carbocycles. The smallest absolute Gasteiger partial charge is 0.220 e. The van der Waals surface area contributed by atoms with Crippen LogP contribution in [0.4, 0.5) is 0 Å². The zero-order chi connectivity index (χ0) is 19.4. The molecule has 1 atom stereocenters. The van der Waals surface area contributed by atoms with Crippen molar-refractivity contribution in [1.82, 2.24) is 10.3 Å². The lowest BCUT2D eigenvalue weighted by Crippen LogP contribution is -2.28. The van der Waals surface area contributed by atoms with E-state index in [4.69, 9.17) is 0 Å². The summed E-state index contributed by atoms with van der Waals surface area (Å²) in [6.45, 7) is 9.22. The van der Waals surface area contributed by atoms with E-state index < -0.39 is 0 Å². The summed E-state index contributed by atoms with van der Waals surface area (Å²) in [6.07, 6.45) is 3.54. The second-order valence-electron chi connectivity index (χ2n) is 7.81. The van der Waals surface area contributed by atoms with Gasteiger partial charge in [-0.2, -0.15) is 0 Å². The molecule has 1 aromatic heterocycles. The van der Waals surface area contributed by atoms with Gasteiger partial charge < -0.3 is 10.3 Å². The quantitative estimate of drug-likeness (QED) is 0.586. The molecule has 0 fully saturated rings. The zero-order valence-corrected chi connectivity index (χ0v) is 16.8. The lowest BCUT2D eigenvalue weighted by molar-refractivity contribution is -0.121. The first-order chi connectivity index (χ1) is 13.0.